The van der Waals surface area contributed by atoms with Crippen molar-refractivity contribution in [2.45, 2.75) is 25.8 Å². The van der Waals surface area contributed by atoms with Gasteiger partial charge in [-0.15, -0.1) is 0 Å². The first-order valence-electron chi connectivity index (χ1n) is 6.58. The fourth-order valence-corrected chi connectivity index (χ4v) is 2.18. The van der Waals surface area contributed by atoms with Crippen molar-refractivity contribution in [2.24, 2.45) is 0 Å². The van der Waals surface area contributed by atoms with Gasteiger partial charge in [0.05, 0.1) is 5.02 Å². The van der Waals surface area contributed by atoms with E-state index in [1.165, 1.54) is 0 Å². The van der Waals surface area contributed by atoms with Crippen molar-refractivity contribution in [3.63, 3.8) is 0 Å². The Morgan fingerprint density at radius 2 is 2.35 bits per heavy atom. The van der Waals surface area contributed by atoms with Crippen molar-refractivity contribution in [3.8, 4) is 0 Å². The van der Waals surface area contributed by atoms with Crippen LogP contribution in [0.1, 0.15) is 30.3 Å². The Bertz CT molecular complexity index is 511. The molecule has 2 heterocycles. The van der Waals surface area contributed by atoms with Gasteiger partial charge in [-0.1, -0.05) is 11.6 Å². The molecular formula is C13H17ClN4O2. The van der Waals surface area contributed by atoms with Gasteiger partial charge in [-0.3, -0.25) is 9.59 Å². The molecule has 6 nitrogen and oxygen atoms in total. The van der Waals surface area contributed by atoms with Crippen LogP contribution in [0.2, 0.25) is 5.02 Å². The average molecular weight is 297 g/mol. The lowest BCUT2D eigenvalue weighted by molar-refractivity contribution is -0.122. The van der Waals surface area contributed by atoms with E-state index in [1.807, 2.05) is 6.92 Å². The molecule has 1 aromatic rings. The van der Waals surface area contributed by atoms with E-state index >= 15 is 0 Å². The predicted octanol–water partition coefficient (Wildman–Crippen LogP) is 1.18. The Labute approximate surface area is 122 Å². The van der Waals surface area contributed by atoms with Crippen LogP contribution < -0.4 is 16.0 Å². The molecule has 2 amide bonds. The van der Waals surface area contributed by atoms with Crippen LogP contribution in [0.3, 0.4) is 0 Å². The summed E-state index contributed by atoms with van der Waals surface area (Å²) in [5, 5.41) is 8.90. The molecule has 1 saturated heterocycles. The van der Waals surface area contributed by atoms with Gasteiger partial charge in [-0.05, 0) is 25.5 Å². The highest BCUT2D eigenvalue weighted by Gasteiger charge is 2.22. The smallest absolute Gasteiger partial charge is 0.271 e. The first kappa shape index (κ1) is 14.6. The lowest BCUT2D eigenvalue weighted by Gasteiger charge is -2.23. The highest BCUT2D eigenvalue weighted by Crippen LogP contribution is 2.17. The lowest BCUT2D eigenvalue weighted by Crippen LogP contribution is -2.47. The van der Waals surface area contributed by atoms with E-state index in [-0.39, 0.29) is 23.6 Å². The summed E-state index contributed by atoms with van der Waals surface area (Å²) in [6.45, 7) is 3.10. The van der Waals surface area contributed by atoms with E-state index < -0.39 is 0 Å². The molecule has 7 heteroatoms. The van der Waals surface area contributed by atoms with Gasteiger partial charge in [0, 0.05) is 25.6 Å². The van der Waals surface area contributed by atoms with Gasteiger partial charge in [0.25, 0.3) is 5.91 Å². The van der Waals surface area contributed by atoms with Crippen LogP contribution >= 0.6 is 11.6 Å². The third-order valence-corrected chi connectivity index (χ3v) is 3.32. The molecule has 0 aliphatic carbocycles. The number of carbonyl (C=O) groups excluding carboxylic acids is 2. The van der Waals surface area contributed by atoms with E-state index in [2.05, 4.69) is 20.9 Å². The number of rotatable bonds is 4. The number of piperidine rings is 1. The summed E-state index contributed by atoms with van der Waals surface area (Å²) in [6.07, 6.45) is 1.05. The van der Waals surface area contributed by atoms with Crippen molar-refractivity contribution in [3.05, 3.63) is 22.8 Å². The molecule has 0 saturated carbocycles. The van der Waals surface area contributed by atoms with Crippen LogP contribution in [0.5, 0.6) is 0 Å². The Hall–Kier alpha value is -1.82. The monoisotopic (exact) mass is 296 g/mol. The number of anilines is 1. The summed E-state index contributed by atoms with van der Waals surface area (Å²) >= 11 is 6.01. The van der Waals surface area contributed by atoms with Gasteiger partial charge in [0.1, 0.15) is 11.5 Å². The minimum atomic E-state index is -0.323. The summed E-state index contributed by atoms with van der Waals surface area (Å²) in [7, 11) is 0. The molecule has 20 heavy (non-hydrogen) atoms. The lowest BCUT2D eigenvalue weighted by atomic mass is 10.1. The highest BCUT2D eigenvalue weighted by molar-refractivity contribution is 6.33. The fraction of sp³-hybridized carbons (Fsp3) is 0.462. The molecule has 108 valence electrons. The van der Waals surface area contributed by atoms with Crippen LogP contribution in [0.25, 0.3) is 0 Å². The number of hydrogen-bond donors (Lipinski definition) is 3. The number of halogens is 1. The van der Waals surface area contributed by atoms with E-state index in [0.29, 0.717) is 36.8 Å². The standard InChI is InChI=1S/C13H17ClN4O2/c1-2-15-10-5-4-9(14)12(18-10)13(20)17-8-3-6-11(19)16-7-8/h4-5,8H,2-3,6-7H2,1H3,(H,15,18)(H,16,19)(H,17,20). The number of hydrogen-bond acceptors (Lipinski definition) is 4. The molecule has 0 radical (unpaired) electrons. The van der Waals surface area contributed by atoms with Gasteiger partial charge < -0.3 is 16.0 Å². The number of amides is 2. The topological polar surface area (TPSA) is 83.1 Å². The molecule has 1 unspecified atom stereocenters. The molecule has 0 spiro atoms. The summed E-state index contributed by atoms with van der Waals surface area (Å²) in [6, 6.07) is 3.29. The fourth-order valence-electron chi connectivity index (χ4n) is 1.99. The second-order valence-corrected chi connectivity index (χ2v) is 4.98. The first-order valence-corrected chi connectivity index (χ1v) is 6.96. The maximum atomic E-state index is 12.2. The number of nitrogens with zero attached hydrogens (tertiary/aromatic N) is 1. The van der Waals surface area contributed by atoms with Crippen LogP contribution in [-0.2, 0) is 4.79 Å². The zero-order chi connectivity index (χ0) is 14.5. The number of carbonyl (C=O) groups is 2. The summed E-state index contributed by atoms with van der Waals surface area (Å²) < 4.78 is 0. The Kier molecular flexibility index (Phi) is 4.79. The molecule has 0 aromatic carbocycles. The molecule has 3 N–H and O–H groups in total. The second kappa shape index (κ2) is 6.56. The van der Waals surface area contributed by atoms with Crippen molar-refractivity contribution in [1.29, 1.82) is 0 Å². The van der Waals surface area contributed by atoms with E-state index in [9.17, 15) is 9.59 Å². The molecular weight excluding hydrogens is 280 g/mol. The van der Waals surface area contributed by atoms with Crippen LogP contribution in [0, 0.1) is 0 Å². The van der Waals surface area contributed by atoms with Crippen LogP contribution in [0.15, 0.2) is 12.1 Å². The zero-order valence-corrected chi connectivity index (χ0v) is 12.0. The van der Waals surface area contributed by atoms with E-state index in [0.717, 1.165) is 0 Å². The normalized spacial score (nSPS) is 18.3. The van der Waals surface area contributed by atoms with Gasteiger partial charge in [0.2, 0.25) is 5.91 Å². The van der Waals surface area contributed by atoms with Crippen LogP contribution in [0.4, 0.5) is 5.82 Å². The van der Waals surface area contributed by atoms with Crippen molar-refractivity contribution in [1.82, 2.24) is 15.6 Å². The molecule has 2 rings (SSSR count). The maximum absolute atomic E-state index is 12.2. The minimum Gasteiger partial charge on any atom is -0.370 e. The third-order valence-electron chi connectivity index (χ3n) is 3.02. The predicted molar refractivity (Wildman–Crippen MR) is 76.9 cm³/mol. The second-order valence-electron chi connectivity index (χ2n) is 4.57. The Morgan fingerprint density at radius 1 is 1.55 bits per heavy atom. The summed E-state index contributed by atoms with van der Waals surface area (Å²) in [4.78, 5) is 27.4. The van der Waals surface area contributed by atoms with E-state index in [4.69, 9.17) is 11.6 Å². The molecule has 1 aliphatic heterocycles. The number of nitrogens with one attached hydrogen (secondary N) is 3. The molecule has 1 aromatic heterocycles. The van der Waals surface area contributed by atoms with Gasteiger partial charge in [0.15, 0.2) is 0 Å². The average Bonchev–Trinajstić information content (AvgIpc) is 2.43. The highest BCUT2D eigenvalue weighted by atomic mass is 35.5. The first-order chi connectivity index (χ1) is 9.60. The van der Waals surface area contributed by atoms with Gasteiger partial charge in [-0.25, -0.2) is 4.98 Å². The number of aromatic nitrogens is 1. The minimum absolute atomic E-state index is 0.0146. The number of pyridine rings is 1. The van der Waals surface area contributed by atoms with Gasteiger partial charge >= 0.3 is 0 Å². The van der Waals surface area contributed by atoms with Crippen molar-refractivity contribution in [2.75, 3.05) is 18.4 Å². The van der Waals surface area contributed by atoms with Crippen molar-refractivity contribution >= 4 is 29.2 Å². The Balaban J connectivity index is 2.04. The molecule has 0 bridgehead atoms. The molecule has 1 atom stereocenters. The summed E-state index contributed by atoms with van der Waals surface area (Å²) in [5.74, 6) is 0.302. The molecule has 1 fully saturated rings. The largest absolute Gasteiger partial charge is 0.370 e. The third kappa shape index (κ3) is 3.60. The summed E-state index contributed by atoms with van der Waals surface area (Å²) in [5.41, 5.74) is 0.196. The van der Waals surface area contributed by atoms with Gasteiger partial charge in [-0.2, -0.15) is 0 Å². The quantitative estimate of drug-likeness (QED) is 0.779. The molecule has 1 aliphatic rings. The Morgan fingerprint density at radius 3 is 3.00 bits per heavy atom. The SMILES string of the molecule is CCNc1ccc(Cl)c(C(=O)NC2CCC(=O)NC2)n1. The van der Waals surface area contributed by atoms with Crippen molar-refractivity contribution < 1.29 is 9.59 Å². The zero-order valence-electron chi connectivity index (χ0n) is 11.2. The maximum Gasteiger partial charge on any atom is 0.271 e. The van der Waals surface area contributed by atoms with E-state index in [1.54, 1.807) is 12.1 Å². The van der Waals surface area contributed by atoms with Crippen LogP contribution in [-0.4, -0.2) is 35.9 Å².